The van der Waals surface area contributed by atoms with E-state index in [1.54, 1.807) is 0 Å². The second kappa shape index (κ2) is 4.40. The zero-order valence-electron chi connectivity index (χ0n) is 5.61. The molecule has 62 valence electrons. The molecular weight excluding hydrogens is 152 g/mol. The van der Waals surface area contributed by atoms with Gasteiger partial charge in [-0.05, 0) is 0 Å². The van der Waals surface area contributed by atoms with E-state index < -0.39 is 24.2 Å². The van der Waals surface area contributed by atoms with Crippen LogP contribution in [0.25, 0.3) is 0 Å². The lowest BCUT2D eigenvalue weighted by atomic mass is 10.1. The van der Waals surface area contributed by atoms with Crippen LogP contribution in [0.4, 0.5) is 0 Å². The lowest BCUT2D eigenvalue weighted by Gasteiger charge is -2.02. The molecular formula is C5H8N2O4. The van der Waals surface area contributed by atoms with Gasteiger partial charge < -0.3 is 10.5 Å². The Morgan fingerprint density at radius 2 is 2.18 bits per heavy atom. The van der Waals surface area contributed by atoms with E-state index in [-0.39, 0.29) is 6.29 Å². The van der Waals surface area contributed by atoms with Crippen LogP contribution in [0.2, 0.25) is 0 Å². The van der Waals surface area contributed by atoms with Crippen molar-refractivity contribution in [2.45, 2.75) is 6.42 Å². The van der Waals surface area contributed by atoms with Gasteiger partial charge in [0.15, 0.2) is 0 Å². The summed E-state index contributed by atoms with van der Waals surface area (Å²) in [6.45, 7) is 0. The Balaban J connectivity index is 3.98. The number of amides is 2. The predicted molar refractivity (Wildman–Crippen MR) is 33.3 cm³/mol. The number of nitrogens with one attached hydrogen (secondary N) is 1. The number of carbonyl (C=O) groups excluding carboxylic acids is 3. The Kier molecular flexibility index (Phi) is 3.82. The molecule has 6 heteroatoms. The van der Waals surface area contributed by atoms with E-state index in [1.165, 1.54) is 5.48 Å². The molecule has 0 aliphatic carbocycles. The number of hydroxylamine groups is 1. The summed E-state index contributed by atoms with van der Waals surface area (Å²) in [6, 6.07) is 0. The molecule has 0 fully saturated rings. The highest BCUT2D eigenvalue weighted by Crippen LogP contribution is 1.96. The van der Waals surface area contributed by atoms with Crippen LogP contribution in [0.3, 0.4) is 0 Å². The Morgan fingerprint density at radius 1 is 1.64 bits per heavy atom. The zero-order chi connectivity index (χ0) is 8.85. The summed E-state index contributed by atoms with van der Waals surface area (Å²) in [5, 5.41) is 7.99. The molecule has 2 amide bonds. The van der Waals surface area contributed by atoms with Gasteiger partial charge in [-0.15, -0.1) is 0 Å². The van der Waals surface area contributed by atoms with Crippen molar-refractivity contribution >= 4 is 18.1 Å². The first-order valence-corrected chi connectivity index (χ1v) is 2.79. The van der Waals surface area contributed by atoms with E-state index in [4.69, 9.17) is 10.9 Å². The molecule has 0 aliphatic heterocycles. The Morgan fingerprint density at radius 3 is 2.45 bits per heavy atom. The molecule has 0 saturated carbocycles. The van der Waals surface area contributed by atoms with Crippen molar-refractivity contribution in [2.24, 2.45) is 11.7 Å². The fraction of sp³-hybridized carbons (Fsp3) is 0.400. The quantitative estimate of drug-likeness (QED) is 0.195. The molecule has 1 atom stereocenters. The van der Waals surface area contributed by atoms with Crippen LogP contribution in [0, 0.1) is 5.92 Å². The molecule has 11 heavy (non-hydrogen) atoms. The van der Waals surface area contributed by atoms with Gasteiger partial charge in [0, 0.05) is 6.42 Å². The van der Waals surface area contributed by atoms with Crippen LogP contribution in [-0.2, 0) is 14.4 Å². The normalized spacial score (nSPS) is 11.7. The molecule has 0 aromatic rings. The molecule has 0 aliphatic rings. The number of rotatable bonds is 4. The molecule has 0 aromatic carbocycles. The van der Waals surface area contributed by atoms with Crippen molar-refractivity contribution < 1.29 is 19.6 Å². The monoisotopic (exact) mass is 160 g/mol. The topological polar surface area (TPSA) is 109 Å². The molecule has 0 rings (SSSR count). The van der Waals surface area contributed by atoms with Gasteiger partial charge in [0.25, 0.3) is 0 Å². The number of hydrogen-bond acceptors (Lipinski definition) is 4. The highest BCUT2D eigenvalue weighted by molar-refractivity contribution is 5.94. The summed E-state index contributed by atoms with van der Waals surface area (Å²) in [5.41, 5.74) is 6.00. The third kappa shape index (κ3) is 3.31. The average Bonchev–Trinajstić information content (AvgIpc) is 1.99. The highest BCUT2D eigenvalue weighted by Gasteiger charge is 2.17. The maximum atomic E-state index is 10.4. The van der Waals surface area contributed by atoms with E-state index in [2.05, 4.69) is 0 Å². The fourth-order valence-electron chi connectivity index (χ4n) is 0.461. The van der Waals surface area contributed by atoms with Gasteiger partial charge in [0.05, 0.1) is 0 Å². The van der Waals surface area contributed by atoms with Crippen LogP contribution in [-0.4, -0.2) is 23.3 Å². The van der Waals surface area contributed by atoms with Gasteiger partial charge in [0.1, 0.15) is 12.2 Å². The van der Waals surface area contributed by atoms with Crippen molar-refractivity contribution in [1.29, 1.82) is 0 Å². The first-order chi connectivity index (χ1) is 5.11. The lowest BCUT2D eigenvalue weighted by Crippen LogP contribution is -2.30. The van der Waals surface area contributed by atoms with Crippen molar-refractivity contribution in [3.63, 3.8) is 0 Å². The molecule has 4 N–H and O–H groups in total. The van der Waals surface area contributed by atoms with Gasteiger partial charge in [-0.25, -0.2) is 5.48 Å². The van der Waals surface area contributed by atoms with E-state index in [0.29, 0.717) is 0 Å². The molecule has 0 aromatic heterocycles. The van der Waals surface area contributed by atoms with Crippen LogP contribution < -0.4 is 11.2 Å². The highest BCUT2D eigenvalue weighted by atomic mass is 16.5. The summed E-state index contributed by atoms with van der Waals surface area (Å²) in [7, 11) is 0. The molecule has 0 heterocycles. The number of nitrogens with two attached hydrogens (primary N) is 1. The fourth-order valence-corrected chi connectivity index (χ4v) is 0.461. The standard InChI is InChI=1S/C5H8N2O4/c6-5(10)3(2-8)1-4(9)7-11/h2-3,11H,1H2,(H2,6,10)(H,7,9). The summed E-state index contributed by atoms with van der Waals surface area (Å²) in [4.78, 5) is 30.7. The van der Waals surface area contributed by atoms with Crippen molar-refractivity contribution in [3.05, 3.63) is 0 Å². The largest absolute Gasteiger partial charge is 0.369 e. The maximum Gasteiger partial charge on any atom is 0.244 e. The summed E-state index contributed by atoms with van der Waals surface area (Å²) in [5.74, 6) is -2.87. The lowest BCUT2D eigenvalue weighted by molar-refractivity contribution is -0.136. The molecule has 0 spiro atoms. The van der Waals surface area contributed by atoms with Crippen molar-refractivity contribution in [3.8, 4) is 0 Å². The third-order valence-electron chi connectivity index (χ3n) is 1.06. The SMILES string of the molecule is NC(=O)C(C=O)CC(=O)NO. The van der Waals surface area contributed by atoms with Gasteiger partial charge in [-0.3, -0.25) is 14.8 Å². The van der Waals surface area contributed by atoms with Crippen molar-refractivity contribution in [1.82, 2.24) is 5.48 Å². The maximum absolute atomic E-state index is 10.4. The minimum atomic E-state index is -1.16. The predicted octanol–water partition coefficient (Wildman–Crippen LogP) is -1.82. The second-order valence-electron chi connectivity index (χ2n) is 1.88. The first-order valence-electron chi connectivity index (χ1n) is 2.79. The number of hydrogen-bond donors (Lipinski definition) is 3. The average molecular weight is 160 g/mol. The molecule has 6 nitrogen and oxygen atoms in total. The summed E-state index contributed by atoms with van der Waals surface area (Å²) < 4.78 is 0. The summed E-state index contributed by atoms with van der Waals surface area (Å²) >= 11 is 0. The first kappa shape index (κ1) is 9.57. The number of primary amides is 1. The van der Waals surface area contributed by atoms with Crippen LogP contribution in [0.5, 0.6) is 0 Å². The van der Waals surface area contributed by atoms with Crippen LogP contribution >= 0.6 is 0 Å². The van der Waals surface area contributed by atoms with E-state index >= 15 is 0 Å². The van der Waals surface area contributed by atoms with E-state index in [1.807, 2.05) is 0 Å². The Bertz CT molecular complexity index is 179. The minimum Gasteiger partial charge on any atom is -0.369 e. The number of aldehydes is 1. The minimum absolute atomic E-state index is 0.261. The van der Waals surface area contributed by atoms with E-state index in [9.17, 15) is 14.4 Å². The number of carbonyl (C=O) groups is 3. The molecule has 1 unspecified atom stereocenters. The van der Waals surface area contributed by atoms with Gasteiger partial charge in [-0.1, -0.05) is 0 Å². The second-order valence-corrected chi connectivity index (χ2v) is 1.88. The zero-order valence-corrected chi connectivity index (χ0v) is 5.61. The Hall–Kier alpha value is -1.43. The van der Waals surface area contributed by atoms with Crippen LogP contribution in [0.15, 0.2) is 0 Å². The van der Waals surface area contributed by atoms with E-state index in [0.717, 1.165) is 0 Å². The third-order valence-corrected chi connectivity index (χ3v) is 1.06. The Labute approximate surface area is 62.3 Å². The van der Waals surface area contributed by atoms with Gasteiger partial charge in [-0.2, -0.15) is 0 Å². The molecule has 0 saturated heterocycles. The molecule has 0 bridgehead atoms. The van der Waals surface area contributed by atoms with Crippen molar-refractivity contribution in [2.75, 3.05) is 0 Å². The smallest absolute Gasteiger partial charge is 0.244 e. The summed E-state index contributed by atoms with van der Waals surface area (Å²) in [6.07, 6.45) is -0.160. The van der Waals surface area contributed by atoms with Gasteiger partial charge in [0.2, 0.25) is 11.8 Å². The van der Waals surface area contributed by atoms with Crippen LogP contribution in [0.1, 0.15) is 6.42 Å². The van der Waals surface area contributed by atoms with Gasteiger partial charge >= 0.3 is 0 Å². The molecule has 0 radical (unpaired) electrons.